The summed E-state index contributed by atoms with van der Waals surface area (Å²) in [6, 6.07) is 8.11. The molecule has 100 valence electrons. The Bertz CT molecular complexity index is 545. The maximum atomic E-state index is 5.32. The third-order valence-corrected chi connectivity index (χ3v) is 3.15. The van der Waals surface area contributed by atoms with Crippen LogP contribution in [0.5, 0.6) is 5.75 Å². The van der Waals surface area contributed by atoms with Gasteiger partial charge in [0.15, 0.2) is 11.6 Å². The van der Waals surface area contributed by atoms with Gasteiger partial charge in [-0.15, -0.1) is 0 Å². The predicted molar refractivity (Wildman–Crippen MR) is 79.6 cm³/mol. The van der Waals surface area contributed by atoms with Gasteiger partial charge in [-0.1, -0.05) is 28.1 Å². The Balaban J connectivity index is 2.13. The van der Waals surface area contributed by atoms with Gasteiger partial charge in [0, 0.05) is 18.1 Å². The number of aromatic nitrogens is 2. The number of benzene rings is 1. The Kier molecular flexibility index (Phi) is 4.57. The number of nitrogens with one attached hydrogen (secondary N) is 2. The van der Waals surface area contributed by atoms with Crippen molar-refractivity contribution in [2.24, 2.45) is 0 Å². The molecule has 2 rings (SSSR count). The third kappa shape index (κ3) is 3.35. The van der Waals surface area contributed by atoms with Crippen LogP contribution in [0.2, 0.25) is 0 Å². The standard InChI is InChI=1S/C13H15BrN4O/c1-15-12-11(19-2)13(18-8-17-12)16-7-9-3-5-10(14)6-4-9/h3-6,8H,7H2,1-2H3,(H2,15,16,17,18). The molecule has 0 saturated heterocycles. The van der Waals surface area contributed by atoms with Crippen LogP contribution in [0.25, 0.3) is 0 Å². The average Bonchev–Trinajstić information content (AvgIpc) is 2.46. The molecule has 0 aliphatic rings. The van der Waals surface area contributed by atoms with Crippen LogP contribution in [0.3, 0.4) is 0 Å². The van der Waals surface area contributed by atoms with Crippen LogP contribution in [-0.2, 0) is 6.54 Å². The fraction of sp³-hybridized carbons (Fsp3) is 0.231. The molecule has 2 aromatic rings. The van der Waals surface area contributed by atoms with Gasteiger partial charge in [0.25, 0.3) is 0 Å². The minimum atomic E-state index is 0.613. The van der Waals surface area contributed by atoms with Gasteiger partial charge in [-0.05, 0) is 17.7 Å². The van der Waals surface area contributed by atoms with Crippen molar-refractivity contribution in [3.63, 3.8) is 0 Å². The van der Waals surface area contributed by atoms with E-state index in [1.165, 1.54) is 6.33 Å². The lowest BCUT2D eigenvalue weighted by molar-refractivity contribution is 0.415. The minimum Gasteiger partial charge on any atom is -0.490 e. The quantitative estimate of drug-likeness (QED) is 0.886. The summed E-state index contributed by atoms with van der Waals surface area (Å²) < 4.78 is 6.38. The van der Waals surface area contributed by atoms with E-state index in [9.17, 15) is 0 Å². The van der Waals surface area contributed by atoms with Crippen LogP contribution < -0.4 is 15.4 Å². The first-order valence-electron chi connectivity index (χ1n) is 5.79. The second kappa shape index (κ2) is 6.38. The molecule has 0 fully saturated rings. The monoisotopic (exact) mass is 322 g/mol. The molecule has 0 saturated carbocycles. The molecule has 1 aromatic heterocycles. The molecule has 0 atom stereocenters. The first-order chi connectivity index (χ1) is 9.24. The zero-order chi connectivity index (χ0) is 13.7. The largest absolute Gasteiger partial charge is 0.490 e. The summed E-state index contributed by atoms with van der Waals surface area (Å²) in [4.78, 5) is 8.30. The molecule has 1 heterocycles. The fourth-order valence-corrected chi connectivity index (χ4v) is 1.92. The lowest BCUT2D eigenvalue weighted by atomic mass is 10.2. The van der Waals surface area contributed by atoms with Crippen LogP contribution >= 0.6 is 15.9 Å². The van der Waals surface area contributed by atoms with Crippen molar-refractivity contribution < 1.29 is 4.74 Å². The number of hydrogen-bond acceptors (Lipinski definition) is 5. The van der Waals surface area contributed by atoms with Crippen molar-refractivity contribution in [1.82, 2.24) is 9.97 Å². The Morgan fingerprint density at radius 2 is 1.84 bits per heavy atom. The number of methoxy groups -OCH3 is 1. The highest BCUT2D eigenvalue weighted by molar-refractivity contribution is 9.10. The third-order valence-electron chi connectivity index (χ3n) is 2.62. The number of hydrogen-bond donors (Lipinski definition) is 2. The summed E-state index contributed by atoms with van der Waals surface area (Å²) in [5.41, 5.74) is 1.16. The van der Waals surface area contributed by atoms with E-state index < -0.39 is 0 Å². The van der Waals surface area contributed by atoms with E-state index in [0.717, 1.165) is 10.0 Å². The Labute approximate surface area is 120 Å². The molecule has 0 bridgehead atoms. The van der Waals surface area contributed by atoms with E-state index in [1.54, 1.807) is 14.2 Å². The first kappa shape index (κ1) is 13.6. The fourth-order valence-electron chi connectivity index (χ4n) is 1.66. The number of anilines is 2. The molecule has 0 spiro atoms. The molecule has 19 heavy (non-hydrogen) atoms. The molecule has 2 N–H and O–H groups in total. The van der Waals surface area contributed by atoms with Gasteiger partial charge in [-0.25, -0.2) is 9.97 Å². The number of nitrogens with zero attached hydrogens (tertiary/aromatic N) is 2. The molecule has 0 aliphatic carbocycles. The SMILES string of the molecule is CNc1ncnc(NCc2ccc(Br)cc2)c1OC. The summed E-state index contributed by atoms with van der Waals surface area (Å²) in [6.07, 6.45) is 1.50. The van der Waals surface area contributed by atoms with Gasteiger partial charge in [-0.2, -0.15) is 0 Å². The summed E-state index contributed by atoms with van der Waals surface area (Å²) in [7, 11) is 3.40. The summed E-state index contributed by atoms with van der Waals surface area (Å²) >= 11 is 3.41. The topological polar surface area (TPSA) is 59.1 Å². The molecule has 0 aliphatic heterocycles. The van der Waals surface area contributed by atoms with E-state index >= 15 is 0 Å². The maximum absolute atomic E-state index is 5.32. The molecule has 0 radical (unpaired) electrons. The van der Waals surface area contributed by atoms with E-state index in [0.29, 0.717) is 23.9 Å². The van der Waals surface area contributed by atoms with Crippen molar-refractivity contribution >= 4 is 27.6 Å². The Morgan fingerprint density at radius 3 is 2.47 bits per heavy atom. The van der Waals surface area contributed by atoms with Gasteiger partial charge in [0.05, 0.1) is 7.11 Å². The molecule has 5 nitrogen and oxygen atoms in total. The van der Waals surface area contributed by atoms with E-state index in [4.69, 9.17) is 4.74 Å². The van der Waals surface area contributed by atoms with E-state index in [1.807, 2.05) is 24.3 Å². The predicted octanol–water partition coefficient (Wildman–Crippen LogP) is 2.90. The van der Waals surface area contributed by atoms with Crippen molar-refractivity contribution in [3.05, 3.63) is 40.6 Å². The number of ether oxygens (including phenoxy) is 1. The van der Waals surface area contributed by atoms with Gasteiger partial charge < -0.3 is 15.4 Å². The van der Waals surface area contributed by atoms with Gasteiger partial charge in [0.2, 0.25) is 5.75 Å². The first-order valence-corrected chi connectivity index (χ1v) is 6.59. The van der Waals surface area contributed by atoms with Crippen molar-refractivity contribution in [2.45, 2.75) is 6.54 Å². The molecular weight excluding hydrogens is 308 g/mol. The van der Waals surface area contributed by atoms with Crippen LogP contribution in [0.4, 0.5) is 11.6 Å². The van der Waals surface area contributed by atoms with Crippen molar-refractivity contribution in [1.29, 1.82) is 0 Å². The van der Waals surface area contributed by atoms with Crippen molar-refractivity contribution in [3.8, 4) is 5.75 Å². The number of halogens is 1. The average molecular weight is 323 g/mol. The van der Waals surface area contributed by atoms with Crippen LogP contribution in [-0.4, -0.2) is 24.1 Å². The van der Waals surface area contributed by atoms with Crippen LogP contribution in [0, 0.1) is 0 Å². The van der Waals surface area contributed by atoms with Gasteiger partial charge >= 0.3 is 0 Å². The van der Waals surface area contributed by atoms with Gasteiger partial charge in [-0.3, -0.25) is 0 Å². The van der Waals surface area contributed by atoms with Crippen LogP contribution in [0.1, 0.15) is 5.56 Å². The zero-order valence-corrected chi connectivity index (χ0v) is 12.4. The molecule has 0 amide bonds. The smallest absolute Gasteiger partial charge is 0.204 e. The molecule has 0 unspecified atom stereocenters. The summed E-state index contributed by atoms with van der Waals surface area (Å²) in [5, 5.41) is 6.21. The highest BCUT2D eigenvalue weighted by Gasteiger charge is 2.10. The molecule has 1 aromatic carbocycles. The maximum Gasteiger partial charge on any atom is 0.204 e. The molecular formula is C13H15BrN4O. The highest BCUT2D eigenvalue weighted by Crippen LogP contribution is 2.28. The van der Waals surface area contributed by atoms with Crippen LogP contribution in [0.15, 0.2) is 35.1 Å². The minimum absolute atomic E-state index is 0.613. The lowest BCUT2D eigenvalue weighted by Crippen LogP contribution is -2.06. The Hall–Kier alpha value is -1.82. The number of rotatable bonds is 5. The van der Waals surface area contributed by atoms with E-state index in [-0.39, 0.29) is 0 Å². The second-order valence-corrected chi connectivity index (χ2v) is 4.75. The van der Waals surface area contributed by atoms with Crippen molar-refractivity contribution in [2.75, 3.05) is 24.8 Å². The lowest BCUT2D eigenvalue weighted by Gasteiger charge is -2.12. The zero-order valence-electron chi connectivity index (χ0n) is 10.8. The van der Waals surface area contributed by atoms with E-state index in [2.05, 4.69) is 36.5 Å². The normalized spacial score (nSPS) is 10.1. The summed E-state index contributed by atoms with van der Waals surface area (Å²) in [5.74, 6) is 1.95. The second-order valence-electron chi connectivity index (χ2n) is 3.83. The van der Waals surface area contributed by atoms with Gasteiger partial charge in [0.1, 0.15) is 6.33 Å². The molecule has 6 heteroatoms. The Morgan fingerprint density at radius 1 is 1.16 bits per heavy atom. The highest BCUT2D eigenvalue weighted by atomic mass is 79.9. The summed E-state index contributed by atoms with van der Waals surface area (Å²) in [6.45, 7) is 0.670.